The van der Waals surface area contributed by atoms with E-state index in [9.17, 15) is 4.79 Å². The number of aliphatic carboxylic acids is 1. The zero-order valence-corrected chi connectivity index (χ0v) is 7.18. The number of carbonyl (C=O) groups is 1. The van der Waals surface area contributed by atoms with Gasteiger partial charge in [0.2, 0.25) is 0 Å². The van der Waals surface area contributed by atoms with Gasteiger partial charge in [0.1, 0.15) is 0 Å². The van der Waals surface area contributed by atoms with Crippen molar-refractivity contribution in [3.63, 3.8) is 0 Å². The van der Waals surface area contributed by atoms with E-state index in [1.54, 1.807) is 6.92 Å². The van der Waals surface area contributed by atoms with E-state index in [1.165, 1.54) is 0 Å². The van der Waals surface area contributed by atoms with Gasteiger partial charge in [-0.25, -0.2) is 0 Å². The van der Waals surface area contributed by atoms with Gasteiger partial charge in [0.25, 0.3) is 0 Å². The smallest absolute Gasteiger partial charge is 0.312 e. The summed E-state index contributed by atoms with van der Waals surface area (Å²) in [4.78, 5) is 10.9. The van der Waals surface area contributed by atoms with E-state index in [0.717, 1.165) is 0 Å². The highest BCUT2D eigenvalue weighted by Crippen LogP contribution is 2.42. The summed E-state index contributed by atoms with van der Waals surface area (Å²) in [5, 5.41) is 8.93. The normalized spacial score (nSPS) is 35.5. The molecule has 0 aromatic heterocycles. The van der Waals surface area contributed by atoms with E-state index in [2.05, 4.69) is 0 Å². The van der Waals surface area contributed by atoms with Gasteiger partial charge in [-0.1, -0.05) is 0 Å². The lowest BCUT2D eigenvalue weighted by molar-refractivity contribution is -0.156. The maximum absolute atomic E-state index is 10.9. The van der Waals surface area contributed by atoms with E-state index in [1.807, 2.05) is 13.8 Å². The van der Waals surface area contributed by atoms with Crippen LogP contribution in [0.25, 0.3) is 0 Å². The molecule has 0 radical (unpaired) electrons. The van der Waals surface area contributed by atoms with Crippen molar-refractivity contribution in [1.82, 2.24) is 0 Å². The second-order valence-electron chi connectivity index (χ2n) is 3.75. The standard InChI is InChI=1S/C8H14O3/c1-7(2)8(3,6(9)10)4-5-11-7/h4-5H2,1-3H3,(H,9,10). The maximum Gasteiger partial charge on any atom is 0.312 e. The predicted molar refractivity (Wildman–Crippen MR) is 40.4 cm³/mol. The van der Waals surface area contributed by atoms with Crippen LogP contribution in [0.15, 0.2) is 0 Å². The Morgan fingerprint density at radius 3 is 2.18 bits per heavy atom. The molecule has 1 rings (SSSR count). The Hall–Kier alpha value is -0.570. The molecule has 0 bridgehead atoms. The number of ether oxygens (including phenoxy) is 1. The van der Waals surface area contributed by atoms with Crippen LogP contribution in [-0.2, 0) is 9.53 Å². The number of carboxylic acids is 1. The summed E-state index contributed by atoms with van der Waals surface area (Å²) in [6, 6.07) is 0. The Labute approximate surface area is 66.4 Å². The van der Waals surface area contributed by atoms with Gasteiger partial charge in [-0.3, -0.25) is 4.79 Å². The topological polar surface area (TPSA) is 46.5 Å². The van der Waals surface area contributed by atoms with Crippen LogP contribution in [0.1, 0.15) is 27.2 Å². The SMILES string of the molecule is CC1(C)OCCC1(C)C(=O)O. The van der Waals surface area contributed by atoms with Gasteiger partial charge < -0.3 is 9.84 Å². The van der Waals surface area contributed by atoms with Crippen LogP contribution < -0.4 is 0 Å². The van der Waals surface area contributed by atoms with E-state index in [-0.39, 0.29) is 0 Å². The van der Waals surface area contributed by atoms with Gasteiger partial charge in [0.15, 0.2) is 0 Å². The lowest BCUT2D eigenvalue weighted by atomic mass is 9.75. The van der Waals surface area contributed by atoms with Crippen LogP contribution >= 0.6 is 0 Å². The minimum atomic E-state index is -0.764. The van der Waals surface area contributed by atoms with Crippen molar-refractivity contribution in [2.75, 3.05) is 6.61 Å². The van der Waals surface area contributed by atoms with Crippen molar-refractivity contribution in [3.05, 3.63) is 0 Å². The Morgan fingerprint density at radius 2 is 2.00 bits per heavy atom. The molecule has 1 atom stereocenters. The molecule has 64 valence electrons. The molecule has 1 aliphatic heterocycles. The summed E-state index contributed by atoms with van der Waals surface area (Å²) in [6.07, 6.45) is 0.606. The van der Waals surface area contributed by atoms with Crippen molar-refractivity contribution in [2.24, 2.45) is 5.41 Å². The zero-order chi connectivity index (χ0) is 8.70. The van der Waals surface area contributed by atoms with Crippen LogP contribution in [0.5, 0.6) is 0 Å². The summed E-state index contributed by atoms with van der Waals surface area (Å²) in [7, 11) is 0. The third-order valence-corrected chi connectivity index (χ3v) is 2.87. The Morgan fingerprint density at radius 1 is 1.45 bits per heavy atom. The monoisotopic (exact) mass is 158 g/mol. The van der Waals surface area contributed by atoms with E-state index < -0.39 is 17.0 Å². The fourth-order valence-electron chi connectivity index (χ4n) is 1.34. The van der Waals surface area contributed by atoms with Crippen molar-refractivity contribution in [3.8, 4) is 0 Å². The molecule has 1 heterocycles. The van der Waals surface area contributed by atoms with Gasteiger partial charge in [-0.15, -0.1) is 0 Å². The third-order valence-electron chi connectivity index (χ3n) is 2.87. The van der Waals surface area contributed by atoms with Crippen LogP contribution in [0.3, 0.4) is 0 Å². The number of hydrogen-bond acceptors (Lipinski definition) is 2. The Kier molecular flexibility index (Phi) is 1.71. The summed E-state index contributed by atoms with van der Waals surface area (Å²) in [5.41, 5.74) is -1.24. The molecule has 0 aromatic rings. The molecule has 1 fully saturated rings. The minimum Gasteiger partial charge on any atom is -0.481 e. The molecule has 3 heteroatoms. The molecule has 0 spiro atoms. The molecule has 1 saturated heterocycles. The lowest BCUT2D eigenvalue weighted by Crippen LogP contribution is -2.43. The van der Waals surface area contributed by atoms with Crippen molar-refractivity contribution in [2.45, 2.75) is 32.8 Å². The highest BCUT2D eigenvalue weighted by Gasteiger charge is 2.52. The average Bonchev–Trinajstić information content (AvgIpc) is 2.09. The van der Waals surface area contributed by atoms with Gasteiger partial charge in [-0.05, 0) is 27.2 Å². The molecule has 1 aliphatic rings. The average molecular weight is 158 g/mol. The summed E-state index contributed by atoms with van der Waals surface area (Å²) in [6.45, 7) is 5.94. The van der Waals surface area contributed by atoms with Crippen LogP contribution in [-0.4, -0.2) is 23.3 Å². The second kappa shape index (κ2) is 2.21. The maximum atomic E-state index is 10.9. The van der Waals surface area contributed by atoms with Gasteiger partial charge in [-0.2, -0.15) is 0 Å². The quantitative estimate of drug-likeness (QED) is 0.625. The molecule has 1 N–H and O–H groups in total. The largest absolute Gasteiger partial charge is 0.481 e. The molecule has 11 heavy (non-hydrogen) atoms. The summed E-state index contributed by atoms with van der Waals surface area (Å²) in [5.74, 6) is -0.764. The van der Waals surface area contributed by atoms with Crippen LogP contribution in [0, 0.1) is 5.41 Å². The van der Waals surface area contributed by atoms with E-state index in [0.29, 0.717) is 13.0 Å². The summed E-state index contributed by atoms with van der Waals surface area (Å²) < 4.78 is 5.34. The molecule has 1 unspecified atom stereocenters. The first-order valence-electron chi connectivity index (χ1n) is 3.77. The van der Waals surface area contributed by atoms with Gasteiger partial charge >= 0.3 is 5.97 Å². The fraction of sp³-hybridized carbons (Fsp3) is 0.875. The lowest BCUT2D eigenvalue weighted by Gasteiger charge is -2.32. The van der Waals surface area contributed by atoms with Gasteiger partial charge in [0.05, 0.1) is 11.0 Å². The molecule has 0 aliphatic carbocycles. The Balaban J connectivity index is 2.93. The van der Waals surface area contributed by atoms with Crippen LogP contribution in [0.2, 0.25) is 0 Å². The third kappa shape index (κ3) is 1.03. The molecular formula is C8H14O3. The minimum absolute atomic E-state index is 0.529. The first-order valence-corrected chi connectivity index (χ1v) is 3.77. The molecular weight excluding hydrogens is 144 g/mol. The fourth-order valence-corrected chi connectivity index (χ4v) is 1.34. The second-order valence-corrected chi connectivity index (χ2v) is 3.75. The number of carboxylic acid groups (broad SMARTS) is 1. The first-order chi connectivity index (χ1) is 4.90. The molecule has 0 saturated carbocycles. The number of hydrogen-bond donors (Lipinski definition) is 1. The molecule has 0 aromatic carbocycles. The molecule has 3 nitrogen and oxygen atoms in total. The van der Waals surface area contributed by atoms with Crippen LogP contribution in [0.4, 0.5) is 0 Å². The summed E-state index contributed by atoms with van der Waals surface area (Å²) >= 11 is 0. The van der Waals surface area contributed by atoms with E-state index in [4.69, 9.17) is 9.84 Å². The zero-order valence-electron chi connectivity index (χ0n) is 7.18. The first kappa shape index (κ1) is 8.53. The number of rotatable bonds is 1. The van der Waals surface area contributed by atoms with Gasteiger partial charge in [0, 0.05) is 6.61 Å². The van der Waals surface area contributed by atoms with Crippen molar-refractivity contribution < 1.29 is 14.6 Å². The van der Waals surface area contributed by atoms with E-state index >= 15 is 0 Å². The highest BCUT2D eigenvalue weighted by molar-refractivity contribution is 5.76. The predicted octanol–water partition coefficient (Wildman–Crippen LogP) is 1.28. The highest BCUT2D eigenvalue weighted by atomic mass is 16.5. The van der Waals surface area contributed by atoms with Crippen molar-refractivity contribution in [1.29, 1.82) is 0 Å². The Bertz CT molecular complexity index is 186. The molecule has 0 amide bonds. The van der Waals surface area contributed by atoms with Crippen molar-refractivity contribution >= 4 is 5.97 Å².